The summed E-state index contributed by atoms with van der Waals surface area (Å²) in [4.78, 5) is 12.0. The molecule has 0 aromatic rings. The highest BCUT2D eigenvalue weighted by Gasteiger charge is 2.83. The minimum absolute atomic E-state index is 0.0429. The molecule has 0 amide bonds. The topological polar surface area (TPSA) is 135 Å². The second kappa shape index (κ2) is 10.6. The number of ether oxygens (including phenoxy) is 4. The fourth-order valence-electron chi connectivity index (χ4n) is 13.7. The van der Waals surface area contributed by atoms with Gasteiger partial charge in [0.2, 0.25) is 0 Å². The number of rotatable bonds is 5. The van der Waals surface area contributed by atoms with E-state index in [9.17, 15) is 25.2 Å². The summed E-state index contributed by atoms with van der Waals surface area (Å²) < 4.78 is 24.8. The van der Waals surface area contributed by atoms with Crippen LogP contribution in [0.2, 0.25) is 0 Å². The molecule has 46 heavy (non-hydrogen) atoms. The lowest BCUT2D eigenvalue weighted by Gasteiger charge is -2.63. The predicted molar refractivity (Wildman–Crippen MR) is 169 cm³/mol. The van der Waals surface area contributed by atoms with Crippen molar-refractivity contribution in [3.05, 3.63) is 0 Å². The quantitative estimate of drug-likeness (QED) is 0.254. The van der Waals surface area contributed by atoms with E-state index < -0.39 is 36.3 Å². The minimum Gasteiger partial charge on any atom is -0.457 e. The molecule has 0 radical (unpaired) electrons. The number of hydrogen-bond acceptors (Lipinski definition) is 9. The molecule has 5 aliphatic carbocycles. The molecule has 0 aromatic heterocycles. The number of carbonyl (C=O) groups excluding carboxylic acids is 1. The Kier molecular flexibility index (Phi) is 7.76. The van der Waals surface area contributed by atoms with Crippen LogP contribution in [0.3, 0.4) is 0 Å². The normalized spacial score (nSPS) is 54.7. The fourth-order valence-corrected chi connectivity index (χ4v) is 13.7. The maximum absolute atomic E-state index is 12.0. The summed E-state index contributed by atoms with van der Waals surface area (Å²) in [6, 6.07) is 0. The first-order valence-electron chi connectivity index (χ1n) is 18.2. The van der Waals surface area contributed by atoms with E-state index in [1.165, 1.54) is 32.6 Å². The van der Waals surface area contributed by atoms with Gasteiger partial charge >= 0.3 is 5.97 Å². The van der Waals surface area contributed by atoms with Crippen molar-refractivity contribution < 1.29 is 44.2 Å². The van der Waals surface area contributed by atoms with Crippen molar-refractivity contribution in [1.29, 1.82) is 0 Å². The molecule has 262 valence electrons. The van der Waals surface area contributed by atoms with Crippen molar-refractivity contribution in [2.24, 2.45) is 50.7 Å². The molecule has 0 aromatic carbocycles. The average Bonchev–Trinajstić information content (AvgIpc) is 3.55. The summed E-state index contributed by atoms with van der Waals surface area (Å²) >= 11 is 0. The fraction of sp³-hybridized carbons (Fsp3) is 0.973. The second-order valence-electron chi connectivity index (χ2n) is 18.6. The highest BCUT2D eigenvalue weighted by Crippen LogP contribution is 2.89. The first-order valence-corrected chi connectivity index (χ1v) is 18.2. The Labute approximate surface area is 275 Å². The van der Waals surface area contributed by atoms with Crippen molar-refractivity contribution in [3.8, 4) is 0 Å². The number of hydrogen-bond donors (Lipinski definition) is 4. The SMILES string of the molecule is CC(=O)OC(C1CC(C)C2C(CC3(C)C4CCC5C(C)(C)C(OC6OCC(O)C(O)C6O)CCC56CC46CCC23C)O1)C(C)(C)O. The van der Waals surface area contributed by atoms with Crippen molar-refractivity contribution in [3.63, 3.8) is 0 Å². The van der Waals surface area contributed by atoms with Gasteiger partial charge in [-0.1, -0.05) is 34.6 Å². The Morgan fingerprint density at radius 3 is 2.28 bits per heavy atom. The van der Waals surface area contributed by atoms with E-state index in [1.807, 2.05) is 0 Å². The highest BCUT2D eigenvalue weighted by molar-refractivity contribution is 5.66. The standard InChI is InChI=1S/C37H60O9/c1-19-15-22(30(33(5,6)42)44-20(2)38)45-23-16-35(8)25-10-9-24-32(3,4)26(46-31-29(41)28(40)21(39)17-43-31)11-12-36(24)18-37(25,36)14-13-34(35,7)27(19)23/h19,21-31,39-42H,9-18H2,1-8H3. The maximum atomic E-state index is 12.0. The van der Waals surface area contributed by atoms with Crippen LogP contribution >= 0.6 is 0 Å². The van der Waals surface area contributed by atoms with Crippen LogP contribution in [0.1, 0.15) is 113 Å². The molecule has 4 N–H and O–H groups in total. The first kappa shape index (κ1) is 33.7. The smallest absolute Gasteiger partial charge is 0.303 e. The van der Waals surface area contributed by atoms with E-state index in [0.29, 0.717) is 34.5 Å². The number of esters is 1. The van der Waals surface area contributed by atoms with Gasteiger partial charge in [0.05, 0.1) is 30.5 Å². The third kappa shape index (κ3) is 4.47. The molecule has 16 atom stereocenters. The van der Waals surface area contributed by atoms with Gasteiger partial charge in [0.25, 0.3) is 0 Å². The molecular weight excluding hydrogens is 588 g/mol. The molecule has 5 saturated carbocycles. The van der Waals surface area contributed by atoms with Gasteiger partial charge in [-0.05, 0) is 122 Å². The predicted octanol–water partition coefficient (Wildman–Crippen LogP) is 4.36. The van der Waals surface area contributed by atoms with Crippen LogP contribution in [-0.2, 0) is 23.7 Å². The Balaban J connectivity index is 1.12. The molecule has 9 heteroatoms. The number of aliphatic hydroxyl groups is 4. The summed E-state index contributed by atoms with van der Waals surface area (Å²) in [5, 5.41) is 41.8. The summed E-state index contributed by atoms with van der Waals surface area (Å²) in [7, 11) is 0. The maximum Gasteiger partial charge on any atom is 0.303 e. The first-order chi connectivity index (χ1) is 21.3. The van der Waals surface area contributed by atoms with Gasteiger partial charge in [-0.2, -0.15) is 0 Å². The highest BCUT2D eigenvalue weighted by atomic mass is 16.7. The second-order valence-corrected chi connectivity index (χ2v) is 18.6. The number of aliphatic hydroxyl groups excluding tert-OH is 3. The van der Waals surface area contributed by atoms with Crippen molar-refractivity contribution >= 4 is 5.97 Å². The molecule has 2 spiro atoms. The van der Waals surface area contributed by atoms with E-state index in [1.54, 1.807) is 13.8 Å². The van der Waals surface area contributed by atoms with Crippen molar-refractivity contribution in [2.45, 2.75) is 168 Å². The van der Waals surface area contributed by atoms with Crippen LogP contribution in [0.25, 0.3) is 0 Å². The molecule has 7 fully saturated rings. The van der Waals surface area contributed by atoms with Gasteiger partial charge in [0.1, 0.15) is 18.3 Å². The van der Waals surface area contributed by atoms with Crippen LogP contribution < -0.4 is 0 Å². The van der Waals surface area contributed by atoms with E-state index in [4.69, 9.17) is 18.9 Å². The zero-order valence-electron chi connectivity index (χ0n) is 29.3. The van der Waals surface area contributed by atoms with Crippen LogP contribution in [0.5, 0.6) is 0 Å². The largest absolute Gasteiger partial charge is 0.457 e. The summed E-state index contributed by atoms with van der Waals surface area (Å²) in [6.07, 6.45) is 4.31. The molecule has 2 heterocycles. The Morgan fingerprint density at radius 2 is 1.61 bits per heavy atom. The Bertz CT molecular complexity index is 1220. The van der Waals surface area contributed by atoms with Gasteiger partial charge in [-0.3, -0.25) is 4.79 Å². The summed E-state index contributed by atoms with van der Waals surface area (Å²) in [5.41, 5.74) is -0.376. The lowest BCUT2D eigenvalue weighted by molar-refractivity contribution is -0.302. The molecule has 0 bridgehead atoms. The van der Waals surface area contributed by atoms with Crippen LogP contribution in [0.15, 0.2) is 0 Å². The van der Waals surface area contributed by atoms with Crippen LogP contribution in [0, 0.1) is 50.7 Å². The average molecular weight is 649 g/mol. The van der Waals surface area contributed by atoms with E-state index in [2.05, 4.69) is 34.6 Å². The lowest BCUT2D eigenvalue weighted by atomic mass is 9.41. The monoisotopic (exact) mass is 648 g/mol. The molecule has 2 aliphatic heterocycles. The number of fused-ring (bicyclic) bond motifs is 4. The molecular formula is C37H60O9. The summed E-state index contributed by atoms with van der Waals surface area (Å²) in [5.74, 6) is 1.59. The van der Waals surface area contributed by atoms with Gasteiger partial charge in [-0.25, -0.2) is 0 Å². The van der Waals surface area contributed by atoms with Gasteiger partial charge < -0.3 is 39.4 Å². The van der Waals surface area contributed by atoms with Crippen molar-refractivity contribution in [1.82, 2.24) is 0 Å². The Hall–Kier alpha value is -0.810. The minimum atomic E-state index is -1.27. The van der Waals surface area contributed by atoms with E-state index in [0.717, 1.165) is 32.1 Å². The summed E-state index contributed by atoms with van der Waals surface area (Å²) in [6.45, 7) is 17.0. The van der Waals surface area contributed by atoms with Gasteiger partial charge in [0, 0.05) is 6.92 Å². The molecule has 7 rings (SSSR count). The molecule has 9 nitrogen and oxygen atoms in total. The number of carbonyl (C=O) groups is 1. The zero-order chi connectivity index (χ0) is 33.4. The molecule has 16 unspecified atom stereocenters. The van der Waals surface area contributed by atoms with E-state index in [-0.39, 0.29) is 47.1 Å². The van der Waals surface area contributed by atoms with Crippen molar-refractivity contribution in [2.75, 3.05) is 6.61 Å². The molecule has 7 aliphatic rings. The third-order valence-corrected chi connectivity index (χ3v) is 15.7. The third-order valence-electron chi connectivity index (χ3n) is 15.7. The van der Waals surface area contributed by atoms with Gasteiger partial charge in [-0.15, -0.1) is 0 Å². The van der Waals surface area contributed by atoms with E-state index >= 15 is 0 Å². The molecule has 2 saturated heterocycles. The van der Waals surface area contributed by atoms with Gasteiger partial charge in [0.15, 0.2) is 12.4 Å². The zero-order valence-corrected chi connectivity index (χ0v) is 29.3. The lowest BCUT2D eigenvalue weighted by Crippen LogP contribution is -2.60. The van der Waals surface area contributed by atoms with Crippen LogP contribution in [0.4, 0.5) is 0 Å². The Morgan fingerprint density at radius 1 is 0.935 bits per heavy atom. The van der Waals surface area contributed by atoms with Crippen LogP contribution in [-0.4, -0.2) is 87.6 Å².